The van der Waals surface area contributed by atoms with Gasteiger partial charge in [0.2, 0.25) is 0 Å². The van der Waals surface area contributed by atoms with Gasteiger partial charge in [0.1, 0.15) is 5.00 Å². The maximum atomic E-state index is 13.4. The van der Waals surface area contributed by atoms with Crippen molar-refractivity contribution in [3.63, 3.8) is 0 Å². The predicted molar refractivity (Wildman–Crippen MR) is 150 cm³/mol. The first-order chi connectivity index (χ1) is 19.2. The average Bonchev–Trinajstić information content (AvgIpc) is 3.33. The summed E-state index contributed by atoms with van der Waals surface area (Å²) in [6.07, 6.45) is 1.52. The van der Waals surface area contributed by atoms with Crippen molar-refractivity contribution in [2.24, 2.45) is 0 Å². The monoisotopic (exact) mass is 583 g/mol. The number of esters is 1. The fourth-order valence-corrected chi connectivity index (χ4v) is 7.80. The molecule has 0 saturated heterocycles. The van der Waals surface area contributed by atoms with Crippen molar-refractivity contribution in [3.05, 3.63) is 75.7 Å². The number of nitrogens with one attached hydrogen (secondary N) is 1. The van der Waals surface area contributed by atoms with Gasteiger partial charge < -0.3 is 19.7 Å². The molecule has 2 aliphatic heterocycles. The van der Waals surface area contributed by atoms with Gasteiger partial charge in [-0.3, -0.25) is 9.10 Å². The second-order valence-electron chi connectivity index (χ2n) is 9.36. The van der Waals surface area contributed by atoms with Crippen molar-refractivity contribution in [1.82, 2.24) is 4.90 Å². The van der Waals surface area contributed by atoms with Crippen LogP contribution in [0.5, 0.6) is 0 Å². The number of hydrogen-bond donors (Lipinski definition) is 1. The summed E-state index contributed by atoms with van der Waals surface area (Å²) in [6, 6.07) is 13.2. The van der Waals surface area contributed by atoms with Crippen molar-refractivity contribution in [3.8, 4) is 0 Å². The summed E-state index contributed by atoms with van der Waals surface area (Å²) in [5, 5.41) is 3.10. The van der Waals surface area contributed by atoms with E-state index in [9.17, 15) is 22.8 Å². The van der Waals surface area contributed by atoms with Gasteiger partial charge in [0.05, 0.1) is 36.4 Å². The third kappa shape index (κ3) is 5.16. The summed E-state index contributed by atoms with van der Waals surface area (Å²) in [4.78, 5) is 40.4. The van der Waals surface area contributed by atoms with Crippen LogP contribution < -0.4 is 9.62 Å². The highest BCUT2D eigenvalue weighted by molar-refractivity contribution is 7.92. The molecule has 3 aromatic rings. The number of para-hydroxylation sites is 1. The third-order valence-electron chi connectivity index (χ3n) is 6.97. The van der Waals surface area contributed by atoms with Crippen LogP contribution in [0.15, 0.2) is 53.4 Å². The lowest BCUT2D eigenvalue weighted by Crippen LogP contribution is -2.36. The molecule has 40 heavy (non-hydrogen) atoms. The number of sulfonamides is 1. The maximum Gasteiger partial charge on any atom is 0.410 e. The average molecular weight is 584 g/mol. The molecule has 0 radical (unpaired) electrons. The van der Waals surface area contributed by atoms with Gasteiger partial charge in [-0.25, -0.2) is 18.0 Å². The molecular weight excluding hydrogens is 554 g/mol. The topological polar surface area (TPSA) is 122 Å². The molecule has 10 nitrogen and oxygen atoms in total. The Hall–Kier alpha value is -3.90. The van der Waals surface area contributed by atoms with E-state index in [2.05, 4.69) is 5.32 Å². The third-order valence-corrected chi connectivity index (χ3v) is 9.93. The number of nitrogens with zero attached hydrogens (tertiary/aromatic N) is 2. The van der Waals surface area contributed by atoms with E-state index in [0.717, 1.165) is 28.8 Å². The Morgan fingerprint density at radius 1 is 1.02 bits per heavy atom. The Kier molecular flexibility index (Phi) is 7.81. The number of carbonyl (C=O) groups excluding carboxylic acids is 3. The summed E-state index contributed by atoms with van der Waals surface area (Å²) >= 11 is 1.20. The van der Waals surface area contributed by atoms with Crippen LogP contribution in [-0.4, -0.2) is 58.1 Å². The summed E-state index contributed by atoms with van der Waals surface area (Å²) < 4.78 is 38.4. The number of hydrogen-bond acceptors (Lipinski definition) is 8. The first-order valence-electron chi connectivity index (χ1n) is 12.9. The van der Waals surface area contributed by atoms with Gasteiger partial charge in [-0.2, -0.15) is 0 Å². The minimum Gasteiger partial charge on any atom is -0.465 e. The number of rotatable bonds is 6. The fraction of sp³-hybridized carbons (Fsp3) is 0.321. The molecule has 0 atom stereocenters. The number of fused-ring (bicyclic) bond motifs is 2. The zero-order chi connectivity index (χ0) is 28.4. The molecule has 0 fully saturated rings. The molecule has 12 heteroatoms. The van der Waals surface area contributed by atoms with Crippen LogP contribution in [0, 0.1) is 0 Å². The number of ether oxygens (including phenoxy) is 2. The molecule has 0 bridgehead atoms. The molecule has 1 aromatic heterocycles. The molecule has 2 aromatic carbocycles. The Morgan fingerprint density at radius 2 is 1.77 bits per heavy atom. The Balaban J connectivity index is 1.37. The fourth-order valence-electron chi connectivity index (χ4n) is 5.01. The summed E-state index contributed by atoms with van der Waals surface area (Å²) in [7, 11) is -2.55. The van der Waals surface area contributed by atoms with Gasteiger partial charge in [-0.1, -0.05) is 18.2 Å². The number of benzene rings is 2. The van der Waals surface area contributed by atoms with E-state index in [-0.39, 0.29) is 29.2 Å². The maximum absolute atomic E-state index is 13.4. The van der Waals surface area contributed by atoms with Crippen LogP contribution >= 0.6 is 11.3 Å². The second-order valence-corrected chi connectivity index (χ2v) is 12.3. The Morgan fingerprint density at radius 3 is 2.50 bits per heavy atom. The number of anilines is 2. The quantitative estimate of drug-likeness (QED) is 0.426. The van der Waals surface area contributed by atoms with Crippen LogP contribution in [0.25, 0.3) is 0 Å². The van der Waals surface area contributed by atoms with E-state index in [1.807, 2.05) is 18.2 Å². The van der Waals surface area contributed by atoms with E-state index in [1.54, 1.807) is 17.9 Å². The largest absolute Gasteiger partial charge is 0.465 e. The van der Waals surface area contributed by atoms with Crippen molar-refractivity contribution >= 4 is 50.0 Å². The smallest absolute Gasteiger partial charge is 0.410 e. The van der Waals surface area contributed by atoms with Crippen LogP contribution in [0.2, 0.25) is 0 Å². The zero-order valence-corrected chi connectivity index (χ0v) is 23.8. The highest BCUT2D eigenvalue weighted by Gasteiger charge is 2.32. The molecule has 2 amide bonds. The van der Waals surface area contributed by atoms with Crippen LogP contribution in [0.4, 0.5) is 15.5 Å². The van der Waals surface area contributed by atoms with Gasteiger partial charge in [0.25, 0.3) is 15.9 Å². The molecule has 0 aliphatic carbocycles. The van der Waals surface area contributed by atoms with Crippen molar-refractivity contribution in [1.29, 1.82) is 0 Å². The number of carbonyl (C=O) groups is 3. The molecule has 0 saturated carbocycles. The number of aryl methyl sites for hydroxylation is 1. The van der Waals surface area contributed by atoms with E-state index in [1.165, 1.54) is 47.0 Å². The standard InChI is InChI=1S/C28H29N3O7S2/c1-3-38-28(34)30-16-14-21-23(17-30)39-26(24(21)27(33)37-2)29-25(32)19-10-12-20(13-11-19)40(35,36)31-15-6-8-18-7-4-5-9-22(18)31/h4-5,7,9-13H,3,6,8,14-17H2,1-2H3,(H,29,32). The van der Waals surface area contributed by atoms with Crippen LogP contribution in [0.1, 0.15) is 50.1 Å². The van der Waals surface area contributed by atoms with E-state index in [0.29, 0.717) is 30.2 Å². The highest BCUT2D eigenvalue weighted by atomic mass is 32.2. The van der Waals surface area contributed by atoms with E-state index >= 15 is 0 Å². The van der Waals surface area contributed by atoms with Crippen LogP contribution in [0.3, 0.4) is 0 Å². The number of methoxy groups -OCH3 is 1. The van der Waals surface area contributed by atoms with Gasteiger partial charge >= 0.3 is 12.1 Å². The van der Waals surface area contributed by atoms with E-state index in [4.69, 9.17) is 9.47 Å². The van der Waals surface area contributed by atoms with Gasteiger partial charge in [-0.05, 0) is 67.6 Å². The highest BCUT2D eigenvalue weighted by Crippen LogP contribution is 2.38. The first-order valence-corrected chi connectivity index (χ1v) is 15.2. The predicted octanol–water partition coefficient (Wildman–Crippen LogP) is 4.44. The van der Waals surface area contributed by atoms with Crippen molar-refractivity contribution in [2.75, 3.05) is 36.4 Å². The first kappa shape index (κ1) is 27.7. The molecule has 1 N–H and O–H groups in total. The molecular formula is C28H29N3O7S2. The lowest BCUT2D eigenvalue weighted by molar-refractivity contribution is 0.0600. The summed E-state index contributed by atoms with van der Waals surface area (Å²) in [5.74, 6) is -1.08. The number of thiophene rings is 1. The minimum absolute atomic E-state index is 0.0849. The summed E-state index contributed by atoms with van der Waals surface area (Å²) in [6.45, 7) is 3.00. The van der Waals surface area contributed by atoms with Crippen molar-refractivity contribution in [2.45, 2.75) is 37.6 Å². The van der Waals surface area contributed by atoms with Gasteiger partial charge in [0, 0.05) is 23.5 Å². The zero-order valence-electron chi connectivity index (χ0n) is 22.1. The Labute approximate surface area is 236 Å². The lowest BCUT2D eigenvalue weighted by Gasteiger charge is -2.30. The molecule has 0 unspecified atom stereocenters. The normalized spacial score (nSPS) is 14.7. The molecule has 0 spiro atoms. The SMILES string of the molecule is CCOC(=O)N1CCc2c(sc(NC(=O)c3ccc(S(=O)(=O)N4CCCc5ccccc54)cc3)c2C(=O)OC)C1. The molecule has 5 rings (SSSR count). The summed E-state index contributed by atoms with van der Waals surface area (Å²) in [5.41, 5.74) is 2.89. The van der Waals surface area contributed by atoms with Crippen molar-refractivity contribution < 1.29 is 32.3 Å². The van der Waals surface area contributed by atoms with Crippen LogP contribution in [-0.2, 0) is 38.9 Å². The van der Waals surface area contributed by atoms with Gasteiger partial charge in [0.15, 0.2) is 0 Å². The second kappa shape index (κ2) is 11.3. The minimum atomic E-state index is -3.82. The molecule has 210 valence electrons. The number of amides is 2. The van der Waals surface area contributed by atoms with E-state index < -0.39 is 28.0 Å². The lowest BCUT2D eigenvalue weighted by atomic mass is 10.0. The molecule has 2 aliphatic rings. The van der Waals surface area contributed by atoms with Gasteiger partial charge in [-0.15, -0.1) is 11.3 Å². The Bertz CT molecular complexity index is 1560. The molecule has 3 heterocycles.